The number of aryl methyl sites for hydroxylation is 2. The number of hydrogen-bond acceptors (Lipinski definition) is 4. The molecule has 0 aromatic heterocycles. The van der Waals surface area contributed by atoms with Gasteiger partial charge in [-0.1, -0.05) is 6.07 Å². The average Bonchev–Trinajstić information content (AvgIpc) is 2.36. The molecule has 1 aromatic carbocycles. The van der Waals surface area contributed by atoms with Crippen LogP contribution in [0.15, 0.2) is 17.0 Å². The predicted octanol–water partition coefficient (Wildman–Crippen LogP) is 1.73. The van der Waals surface area contributed by atoms with Crippen molar-refractivity contribution in [3.63, 3.8) is 0 Å². The quantitative estimate of drug-likeness (QED) is 0.888. The van der Waals surface area contributed by atoms with Gasteiger partial charge in [-0.3, -0.25) is 0 Å². The third kappa shape index (κ3) is 3.75. The van der Waals surface area contributed by atoms with Gasteiger partial charge >= 0.3 is 0 Å². The van der Waals surface area contributed by atoms with Crippen LogP contribution in [-0.4, -0.2) is 34.2 Å². The van der Waals surface area contributed by atoms with Crippen molar-refractivity contribution in [3.05, 3.63) is 23.3 Å². The fourth-order valence-corrected chi connectivity index (χ4v) is 4.59. The molecule has 1 aliphatic heterocycles. The summed E-state index contributed by atoms with van der Waals surface area (Å²) in [6.45, 7) is 6.62. The van der Waals surface area contributed by atoms with Crippen molar-refractivity contribution >= 4 is 10.0 Å². The maximum absolute atomic E-state index is 12.7. The molecule has 2 atom stereocenters. The van der Waals surface area contributed by atoms with E-state index in [1.807, 2.05) is 13.0 Å². The van der Waals surface area contributed by atoms with E-state index >= 15 is 0 Å². The molecule has 6 heteroatoms. The molecule has 2 unspecified atom stereocenters. The largest absolute Gasteiger partial charge is 0.495 e. The highest BCUT2D eigenvalue weighted by atomic mass is 32.2. The number of sulfonamides is 1. The molecule has 118 valence electrons. The second-order valence-corrected chi connectivity index (χ2v) is 7.46. The summed E-state index contributed by atoms with van der Waals surface area (Å²) >= 11 is 0. The third-order valence-electron chi connectivity index (χ3n) is 3.82. The lowest BCUT2D eigenvalue weighted by Crippen LogP contribution is -2.46. The normalized spacial score (nSPS) is 23.0. The van der Waals surface area contributed by atoms with Crippen LogP contribution in [-0.2, 0) is 10.0 Å². The molecule has 0 bridgehead atoms. The van der Waals surface area contributed by atoms with Crippen LogP contribution in [0.25, 0.3) is 0 Å². The van der Waals surface area contributed by atoms with E-state index in [0.717, 1.165) is 24.9 Å². The highest BCUT2D eigenvalue weighted by Gasteiger charge is 2.28. The maximum Gasteiger partial charge on any atom is 0.244 e. The predicted molar refractivity (Wildman–Crippen MR) is 83.3 cm³/mol. The first-order chi connectivity index (χ1) is 9.83. The molecular weight excluding hydrogens is 288 g/mol. The molecule has 5 nitrogen and oxygen atoms in total. The smallest absolute Gasteiger partial charge is 0.244 e. The zero-order chi connectivity index (χ0) is 15.6. The Labute approximate surface area is 127 Å². The summed E-state index contributed by atoms with van der Waals surface area (Å²) in [7, 11) is -2.08. The van der Waals surface area contributed by atoms with E-state index in [-0.39, 0.29) is 10.9 Å². The third-order valence-corrected chi connectivity index (χ3v) is 5.52. The summed E-state index contributed by atoms with van der Waals surface area (Å²) in [6, 6.07) is 3.92. The molecule has 21 heavy (non-hydrogen) atoms. The molecule has 2 rings (SSSR count). The molecule has 0 amide bonds. The van der Waals surface area contributed by atoms with Gasteiger partial charge in [0.2, 0.25) is 10.0 Å². The standard InChI is InChI=1S/C15H24N2O3S/c1-10-7-11(2)15(14(8-10)20-4)21(18,19)17-13-5-6-16-12(3)9-13/h7-8,12-13,16-17H,5-6,9H2,1-4H3. The molecule has 1 heterocycles. The molecule has 1 aromatic rings. The lowest BCUT2D eigenvalue weighted by Gasteiger charge is -2.28. The van der Waals surface area contributed by atoms with Gasteiger partial charge in [-0.05, 0) is 57.4 Å². The molecule has 0 spiro atoms. The van der Waals surface area contributed by atoms with Gasteiger partial charge in [-0.15, -0.1) is 0 Å². The van der Waals surface area contributed by atoms with E-state index in [0.29, 0.717) is 17.4 Å². The zero-order valence-electron chi connectivity index (χ0n) is 13.1. The maximum atomic E-state index is 12.7. The van der Waals surface area contributed by atoms with Gasteiger partial charge in [0.15, 0.2) is 0 Å². The van der Waals surface area contributed by atoms with Gasteiger partial charge in [0, 0.05) is 12.1 Å². The lowest BCUT2D eigenvalue weighted by atomic mass is 10.0. The monoisotopic (exact) mass is 312 g/mol. The summed E-state index contributed by atoms with van der Waals surface area (Å²) < 4.78 is 33.5. The average molecular weight is 312 g/mol. The van der Waals surface area contributed by atoms with Gasteiger partial charge in [0.25, 0.3) is 0 Å². The SMILES string of the molecule is COc1cc(C)cc(C)c1S(=O)(=O)NC1CCNC(C)C1. The van der Waals surface area contributed by atoms with Crippen LogP contribution in [0.2, 0.25) is 0 Å². The van der Waals surface area contributed by atoms with Crippen molar-refractivity contribution < 1.29 is 13.2 Å². The van der Waals surface area contributed by atoms with Gasteiger partial charge in [0.05, 0.1) is 7.11 Å². The van der Waals surface area contributed by atoms with Crippen LogP contribution in [0.1, 0.15) is 30.9 Å². The van der Waals surface area contributed by atoms with Crippen LogP contribution in [0.3, 0.4) is 0 Å². The Hall–Kier alpha value is -1.11. The fraction of sp³-hybridized carbons (Fsp3) is 0.600. The first-order valence-corrected chi connectivity index (χ1v) is 8.72. The van der Waals surface area contributed by atoms with Crippen molar-refractivity contribution in [3.8, 4) is 5.75 Å². The molecule has 0 saturated carbocycles. The minimum absolute atomic E-state index is 0.0309. The fourth-order valence-electron chi connectivity index (χ4n) is 2.93. The summed E-state index contributed by atoms with van der Waals surface area (Å²) in [5.41, 5.74) is 1.69. The highest BCUT2D eigenvalue weighted by Crippen LogP contribution is 2.29. The Balaban J connectivity index is 2.31. The summed E-state index contributed by atoms with van der Waals surface area (Å²) in [5, 5.41) is 3.32. The second kappa shape index (κ2) is 6.34. The first kappa shape index (κ1) is 16.3. The van der Waals surface area contributed by atoms with E-state index in [1.165, 1.54) is 7.11 Å². The highest BCUT2D eigenvalue weighted by molar-refractivity contribution is 7.89. The van der Waals surface area contributed by atoms with Crippen molar-refractivity contribution in [2.24, 2.45) is 0 Å². The van der Waals surface area contributed by atoms with E-state index < -0.39 is 10.0 Å². The van der Waals surface area contributed by atoms with Crippen LogP contribution >= 0.6 is 0 Å². The molecule has 2 N–H and O–H groups in total. The van der Waals surface area contributed by atoms with Crippen molar-refractivity contribution in [1.82, 2.24) is 10.0 Å². The minimum atomic E-state index is -3.58. The number of benzene rings is 1. The van der Waals surface area contributed by atoms with Crippen LogP contribution in [0.5, 0.6) is 5.75 Å². The van der Waals surface area contributed by atoms with Crippen LogP contribution in [0, 0.1) is 13.8 Å². The van der Waals surface area contributed by atoms with E-state index in [4.69, 9.17) is 4.74 Å². The van der Waals surface area contributed by atoms with Crippen molar-refractivity contribution in [2.75, 3.05) is 13.7 Å². The Bertz CT molecular complexity index is 614. The summed E-state index contributed by atoms with van der Waals surface area (Å²) in [4.78, 5) is 0.252. The van der Waals surface area contributed by atoms with E-state index in [9.17, 15) is 8.42 Å². The van der Waals surface area contributed by atoms with Crippen molar-refractivity contribution in [1.29, 1.82) is 0 Å². The van der Waals surface area contributed by atoms with Gasteiger partial charge in [0.1, 0.15) is 10.6 Å². The van der Waals surface area contributed by atoms with E-state index in [1.54, 1.807) is 13.0 Å². The van der Waals surface area contributed by atoms with Gasteiger partial charge in [-0.25, -0.2) is 13.1 Å². The Morgan fingerprint density at radius 2 is 2.05 bits per heavy atom. The Kier molecular flexibility index (Phi) is 4.91. The molecule has 1 fully saturated rings. The number of piperidine rings is 1. The molecule has 0 radical (unpaired) electrons. The number of rotatable bonds is 4. The first-order valence-electron chi connectivity index (χ1n) is 7.24. The van der Waals surface area contributed by atoms with Crippen molar-refractivity contribution in [2.45, 2.75) is 50.6 Å². The Morgan fingerprint density at radius 3 is 2.67 bits per heavy atom. The van der Waals surface area contributed by atoms with E-state index in [2.05, 4.69) is 17.0 Å². The number of ether oxygens (including phenoxy) is 1. The molecule has 1 aliphatic rings. The minimum Gasteiger partial charge on any atom is -0.495 e. The van der Waals surface area contributed by atoms with Gasteiger partial charge in [-0.2, -0.15) is 0 Å². The van der Waals surface area contributed by atoms with Crippen LogP contribution in [0.4, 0.5) is 0 Å². The zero-order valence-corrected chi connectivity index (χ0v) is 13.9. The van der Waals surface area contributed by atoms with Gasteiger partial charge < -0.3 is 10.1 Å². The summed E-state index contributed by atoms with van der Waals surface area (Å²) in [6.07, 6.45) is 1.60. The molecular formula is C15H24N2O3S. The second-order valence-electron chi connectivity index (χ2n) is 5.81. The summed E-state index contributed by atoms with van der Waals surface area (Å²) in [5.74, 6) is 0.405. The number of nitrogens with one attached hydrogen (secondary N) is 2. The molecule has 1 saturated heterocycles. The lowest BCUT2D eigenvalue weighted by molar-refractivity contribution is 0.360. The molecule has 0 aliphatic carbocycles. The number of hydrogen-bond donors (Lipinski definition) is 2. The van der Waals surface area contributed by atoms with Crippen LogP contribution < -0.4 is 14.8 Å². The number of methoxy groups -OCH3 is 1. The Morgan fingerprint density at radius 1 is 1.33 bits per heavy atom. The topological polar surface area (TPSA) is 67.4 Å².